The summed E-state index contributed by atoms with van der Waals surface area (Å²) in [7, 11) is -4.36. The molecule has 0 saturated heterocycles. The molecule has 2 N–H and O–H groups in total. The summed E-state index contributed by atoms with van der Waals surface area (Å²) in [6.07, 6.45) is 0.168. The van der Waals surface area contributed by atoms with E-state index in [2.05, 4.69) is 0 Å². The Morgan fingerprint density at radius 3 is 2.69 bits per heavy atom. The number of fused-ring (bicyclic) bond motifs is 1. The zero-order chi connectivity index (χ0) is 20.8. The summed E-state index contributed by atoms with van der Waals surface area (Å²) < 4.78 is 66.3. The Balaban J connectivity index is 1.64. The summed E-state index contributed by atoms with van der Waals surface area (Å²) in [4.78, 5) is -0.461. The van der Waals surface area contributed by atoms with Crippen LogP contribution in [0.25, 0.3) is 11.0 Å². The quantitative estimate of drug-likeness (QED) is 0.562. The molecule has 0 spiro atoms. The van der Waals surface area contributed by atoms with Crippen LogP contribution < -0.4 is 9.46 Å². The van der Waals surface area contributed by atoms with Crippen molar-refractivity contribution in [3.63, 3.8) is 0 Å². The van der Waals surface area contributed by atoms with E-state index in [4.69, 9.17) is 9.15 Å². The fourth-order valence-corrected chi connectivity index (χ4v) is 4.37. The second kappa shape index (κ2) is 7.40. The number of aliphatic hydroxyl groups excluding tert-OH is 1. The van der Waals surface area contributed by atoms with Crippen molar-refractivity contribution in [1.82, 2.24) is 4.72 Å². The molecule has 1 saturated carbocycles. The summed E-state index contributed by atoms with van der Waals surface area (Å²) in [5, 5.41) is 10.5. The Morgan fingerprint density at radius 2 is 2.00 bits per heavy atom. The molecule has 3 aromatic rings. The number of hydrogen-bond donors (Lipinski definition) is 2. The lowest BCUT2D eigenvalue weighted by Gasteiger charge is -2.14. The minimum Gasteiger partial charge on any atom is -0.489 e. The van der Waals surface area contributed by atoms with E-state index in [1.165, 1.54) is 18.2 Å². The Kier molecular flexibility index (Phi) is 5.05. The number of benzene rings is 2. The van der Waals surface area contributed by atoms with E-state index < -0.39 is 38.5 Å². The maximum atomic E-state index is 14.4. The molecule has 1 aromatic heterocycles. The molecule has 29 heavy (non-hydrogen) atoms. The molecule has 1 atom stereocenters. The van der Waals surface area contributed by atoms with Gasteiger partial charge in [0.15, 0.2) is 17.8 Å². The molecule has 1 aliphatic carbocycles. The fourth-order valence-electron chi connectivity index (χ4n) is 3.18. The highest BCUT2D eigenvalue weighted by Crippen LogP contribution is 2.42. The molecule has 9 heteroatoms. The number of nitrogens with one attached hydrogen (secondary N) is 1. The molecule has 0 radical (unpaired) electrons. The van der Waals surface area contributed by atoms with Crippen molar-refractivity contribution in [1.29, 1.82) is 0 Å². The lowest BCUT2D eigenvalue weighted by molar-refractivity contribution is 0.141. The van der Waals surface area contributed by atoms with Gasteiger partial charge in [-0.25, -0.2) is 17.2 Å². The van der Waals surface area contributed by atoms with Gasteiger partial charge < -0.3 is 14.3 Å². The van der Waals surface area contributed by atoms with Gasteiger partial charge in [0.2, 0.25) is 10.0 Å². The largest absolute Gasteiger partial charge is 0.489 e. The summed E-state index contributed by atoms with van der Waals surface area (Å²) in [5.41, 5.74) is 1.04. The summed E-state index contributed by atoms with van der Waals surface area (Å²) in [6, 6.07) is 7.80. The number of sulfonamides is 1. The number of hydrogen-bond acceptors (Lipinski definition) is 5. The van der Waals surface area contributed by atoms with Gasteiger partial charge in [0.1, 0.15) is 22.1 Å². The number of rotatable bonds is 7. The van der Waals surface area contributed by atoms with E-state index in [-0.39, 0.29) is 23.3 Å². The van der Waals surface area contributed by atoms with E-state index >= 15 is 0 Å². The Morgan fingerprint density at radius 1 is 1.24 bits per heavy atom. The Labute approximate surface area is 166 Å². The van der Waals surface area contributed by atoms with Crippen molar-refractivity contribution in [2.75, 3.05) is 6.61 Å². The van der Waals surface area contributed by atoms with Gasteiger partial charge in [0.05, 0.1) is 12.0 Å². The highest BCUT2D eigenvalue weighted by molar-refractivity contribution is 7.89. The van der Waals surface area contributed by atoms with Crippen molar-refractivity contribution in [2.45, 2.75) is 36.8 Å². The monoisotopic (exact) mass is 423 g/mol. The zero-order valence-electron chi connectivity index (χ0n) is 15.5. The van der Waals surface area contributed by atoms with Gasteiger partial charge in [-0.15, -0.1) is 0 Å². The van der Waals surface area contributed by atoms with Crippen molar-refractivity contribution >= 4 is 21.0 Å². The molecular weight excluding hydrogens is 404 g/mol. The normalized spacial score (nSPS) is 15.6. The van der Waals surface area contributed by atoms with Crippen LogP contribution in [-0.2, 0) is 10.0 Å². The van der Waals surface area contributed by atoms with Crippen molar-refractivity contribution in [3.05, 3.63) is 59.4 Å². The third kappa shape index (κ3) is 3.85. The average molecular weight is 423 g/mol. The van der Waals surface area contributed by atoms with Crippen LogP contribution in [0.4, 0.5) is 8.78 Å². The minimum atomic E-state index is -4.36. The van der Waals surface area contributed by atoms with Crippen LogP contribution in [0.2, 0.25) is 0 Å². The van der Waals surface area contributed by atoms with E-state index in [0.29, 0.717) is 5.92 Å². The predicted molar refractivity (Wildman–Crippen MR) is 101 cm³/mol. The van der Waals surface area contributed by atoms with Gasteiger partial charge in [0, 0.05) is 0 Å². The smallest absolute Gasteiger partial charge is 0.246 e. The van der Waals surface area contributed by atoms with Gasteiger partial charge in [-0.1, -0.05) is 6.07 Å². The van der Waals surface area contributed by atoms with Gasteiger partial charge in [-0.2, -0.15) is 4.72 Å². The number of aliphatic hydroxyl groups is 1. The fraction of sp³-hybridized carbons (Fsp3) is 0.300. The maximum absolute atomic E-state index is 14.4. The number of para-hydroxylation sites is 1. The van der Waals surface area contributed by atoms with Gasteiger partial charge in [-0.3, -0.25) is 0 Å². The molecule has 1 unspecified atom stereocenters. The van der Waals surface area contributed by atoms with Crippen LogP contribution in [0.15, 0.2) is 45.7 Å². The molecule has 6 nitrogen and oxygen atoms in total. The van der Waals surface area contributed by atoms with Crippen LogP contribution in [-0.4, -0.2) is 20.1 Å². The third-order valence-corrected chi connectivity index (χ3v) is 6.16. The van der Waals surface area contributed by atoms with E-state index in [1.807, 2.05) is 4.72 Å². The van der Waals surface area contributed by atoms with Crippen molar-refractivity contribution in [2.24, 2.45) is 0 Å². The highest BCUT2D eigenvalue weighted by Gasteiger charge is 2.29. The first-order valence-electron chi connectivity index (χ1n) is 9.14. The molecule has 2 aromatic carbocycles. The molecule has 1 fully saturated rings. The molecular formula is C20H19F2NO5S. The SMILES string of the molecule is CCOc1c(F)cccc1S(=O)(=O)NC(O)c1cc2c(F)cc(C3CC3)cc2o1. The lowest BCUT2D eigenvalue weighted by atomic mass is 10.1. The second-order valence-corrected chi connectivity index (χ2v) is 8.54. The topological polar surface area (TPSA) is 88.8 Å². The number of ether oxygens (including phenoxy) is 1. The van der Waals surface area contributed by atoms with Crippen LogP contribution in [0, 0.1) is 11.6 Å². The Bertz CT molecular complexity index is 1170. The van der Waals surface area contributed by atoms with Crippen LogP contribution in [0.5, 0.6) is 5.75 Å². The minimum absolute atomic E-state index is 0.0538. The first-order chi connectivity index (χ1) is 13.8. The van der Waals surface area contributed by atoms with Crippen LogP contribution in [0.3, 0.4) is 0 Å². The number of furan rings is 1. The predicted octanol–water partition coefficient (Wildman–Crippen LogP) is 3.96. The molecule has 0 aliphatic heterocycles. The summed E-state index contributed by atoms with van der Waals surface area (Å²) >= 11 is 0. The molecule has 1 aliphatic rings. The van der Waals surface area contributed by atoms with Gasteiger partial charge in [-0.05, 0) is 61.6 Å². The molecule has 0 amide bonds. The third-order valence-electron chi connectivity index (χ3n) is 4.72. The molecule has 1 heterocycles. The first-order valence-corrected chi connectivity index (χ1v) is 10.6. The van der Waals surface area contributed by atoms with E-state index in [1.54, 1.807) is 13.0 Å². The standard InChI is InChI=1S/C20H19F2NO5S/c1-2-27-19-14(21)4-3-5-18(19)29(25,26)23-20(24)17-10-13-15(22)8-12(11-6-7-11)9-16(13)28-17/h3-5,8-11,20,23-24H,2,6-7H2,1H3. The van der Waals surface area contributed by atoms with Gasteiger partial charge in [0.25, 0.3) is 0 Å². The number of halogens is 2. The summed E-state index contributed by atoms with van der Waals surface area (Å²) in [6.45, 7) is 1.64. The highest BCUT2D eigenvalue weighted by atomic mass is 32.2. The average Bonchev–Trinajstić information content (AvgIpc) is 3.42. The van der Waals surface area contributed by atoms with Crippen molar-refractivity contribution < 1.29 is 31.5 Å². The molecule has 0 bridgehead atoms. The maximum Gasteiger partial charge on any atom is 0.246 e. The van der Waals surface area contributed by atoms with E-state index in [0.717, 1.165) is 30.5 Å². The molecule has 4 rings (SSSR count). The summed E-state index contributed by atoms with van der Waals surface area (Å²) in [5.74, 6) is -1.67. The van der Waals surface area contributed by atoms with E-state index in [9.17, 15) is 22.3 Å². The van der Waals surface area contributed by atoms with Crippen LogP contribution >= 0.6 is 0 Å². The van der Waals surface area contributed by atoms with Crippen molar-refractivity contribution in [3.8, 4) is 5.75 Å². The van der Waals surface area contributed by atoms with Gasteiger partial charge >= 0.3 is 0 Å². The lowest BCUT2D eigenvalue weighted by Crippen LogP contribution is -2.28. The Hall–Kier alpha value is -2.49. The second-order valence-electron chi connectivity index (χ2n) is 6.86. The first kappa shape index (κ1) is 19.8. The zero-order valence-corrected chi connectivity index (χ0v) is 16.3. The molecule has 154 valence electrons. The van der Waals surface area contributed by atoms with Crippen LogP contribution in [0.1, 0.15) is 43.2 Å².